The summed E-state index contributed by atoms with van der Waals surface area (Å²) >= 11 is 0. The van der Waals surface area contributed by atoms with Gasteiger partial charge in [-0.2, -0.15) is 4.31 Å². The number of piperidine rings is 1. The highest BCUT2D eigenvalue weighted by Crippen LogP contribution is 2.23. The largest absolute Gasteiger partial charge is 0.338 e. The standard InChI is InChI=1S/C20H26N4O3S/c1-15-5-6-18(12-16(15)2)23-20(25)22-13-17-7-10-24(11-8-17)28(26,27)19-4-3-9-21-14-19/h3-6,9,12,14,17H,7-8,10-11,13H2,1-2H3,(H2,22,23,25). The summed E-state index contributed by atoms with van der Waals surface area (Å²) < 4.78 is 26.7. The number of rotatable bonds is 5. The molecule has 2 amide bonds. The van der Waals surface area contributed by atoms with Gasteiger partial charge in [-0.15, -0.1) is 0 Å². The third-order valence-corrected chi connectivity index (χ3v) is 7.04. The van der Waals surface area contributed by atoms with Crippen molar-refractivity contribution in [3.05, 3.63) is 53.9 Å². The molecule has 7 nitrogen and oxygen atoms in total. The van der Waals surface area contributed by atoms with Gasteiger partial charge in [0.05, 0.1) is 0 Å². The van der Waals surface area contributed by atoms with Gasteiger partial charge in [-0.05, 0) is 68.0 Å². The van der Waals surface area contributed by atoms with Crippen molar-refractivity contribution < 1.29 is 13.2 Å². The molecule has 1 saturated heterocycles. The molecule has 28 heavy (non-hydrogen) atoms. The molecule has 0 spiro atoms. The molecule has 1 aliphatic heterocycles. The van der Waals surface area contributed by atoms with Gasteiger partial charge in [-0.1, -0.05) is 6.07 Å². The predicted molar refractivity (Wildman–Crippen MR) is 109 cm³/mol. The van der Waals surface area contributed by atoms with Crippen LogP contribution in [0, 0.1) is 19.8 Å². The van der Waals surface area contributed by atoms with Crippen molar-refractivity contribution in [3.8, 4) is 0 Å². The summed E-state index contributed by atoms with van der Waals surface area (Å²) in [6.45, 7) is 5.45. The zero-order valence-electron chi connectivity index (χ0n) is 16.2. The molecule has 2 N–H and O–H groups in total. The number of carbonyl (C=O) groups excluding carboxylic acids is 1. The molecule has 3 rings (SSSR count). The maximum absolute atomic E-state index is 12.6. The predicted octanol–water partition coefficient (Wildman–Crippen LogP) is 2.92. The minimum Gasteiger partial charge on any atom is -0.338 e. The van der Waals surface area contributed by atoms with Gasteiger partial charge in [-0.25, -0.2) is 13.2 Å². The summed E-state index contributed by atoms with van der Waals surface area (Å²) in [5.74, 6) is 0.255. The van der Waals surface area contributed by atoms with E-state index in [-0.39, 0.29) is 16.8 Å². The molecule has 0 aliphatic carbocycles. The first kappa shape index (κ1) is 20.3. The molecule has 0 radical (unpaired) electrons. The van der Waals surface area contributed by atoms with E-state index < -0.39 is 10.0 Å². The lowest BCUT2D eigenvalue weighted by molar-refractivity contribution is 0.240. The van der Waals surface area contributed by atoms with Crippen molar-refractivity contribution in [2.45, 2.75) is 31.6 Å². The smallest absolute Gasteiger partial charge is 0.319 e. The second-order valence-corrected chi connectivity index (χ2v) is 9.11. The van der Waals surface area contributed by atoms with Crippen molar-refractivity contribution in [2.24, 2.45) is 5.92 Å². The SMILES string of the molecule is Cc1ccc(NC(=O)NCC2CCN(S(=O)(=O)c3cccnc3)CC2)cc1C. The Kier molecular flexibility index (Phi) is 6.31. The van der Waals surface area contributed by atoms with Crippen molar-refractivity contribution in [1.29, 1.82) is 0 Å². The molecule has 0 unspecified atom stereocenters. The van der Waals surface area contributed by atoms with Crippen LogP contribution in [0.2, 0.25) is 0 Å². The summed E-state index contributed by atoms with van der Waals surface area (Å²) in [5.41, 5.74) is 3.07. The van der Waals surface area contributed by atoms with Crippen LogP contribution in [0.3, 0.4) is 0 Å². The summed E-state index contributed by atoms with van der Waals surface area (Å²) in [6.07, 6.45) is 4.35. The number of carbonyl (C=O) groups is 1. The van der Waals surface area contributed by atoms with Gasteiger partial charge in [0.2, 0.25) is 10.0 Å². The van der Waals surface area contributed by atoms with Crippen LogP contribution in [-0.2, 0) is 10.0 Å². The average Bonchev–Trinajstić information content (AvgIpc) is 2.70. The summed E-state index contributed by atoms with van der Waals surface area (Å²) in [6, 6.07) is 8.74. The van der Waals surface area contributed by atoms with E-state index in [1.165, 1.54) is 16.1 Å². The minimum absolute atomic E-state index is 0.222. The monoisotopic (exact) mass is 402 g/mol. The number of benzene rings is 1. The lowest BCUT2D eigenvalue weighted by atomic mass is 9.98. The van der Waals surface area contributed by atoms with Crippen molar-refractivity contribution in [1.82, 2.24) is 14.6 Å². The molecule has 0 saturated carbocycles. The Morgan fingerprint density at radius 1 is 1.18 bits per heavy atom. The van der Waals surface area contributed by atoms with Crippen LogP contribution in [0.5, 0.6) is 0 Å². The van der Waals surface area contributed by atoms with E-state index in [0.717, 1.165) is 11.3 Å². The first-order chi connectivity index (χ1) is 13.4. The number of aryl methyl sites for hydroxylation is 2. The fourth-order valence-corrected chi connectivity index (χ4v) is 4.67. The first-order valence-corrected chi connectivity index (χ1v) is 10.8. The van der Waals surface area contributed by atoms with Crippen molar-refractivity contribution in [3.63, 3.8) is 0 Å². The van der Waals surface area contributed by atoms with Crippen LogP contribution in [0.1, 0.15) is 24.0 Å². The summed E-state index contributed by atoms with van der Waals surface area (Å²) in [5, 5.41) is 5.73. The number of nitrogens with zero attached hydrogens (tertiary/aromatic N) is 2. The molecule has 1 aliphatic rings. The molecule has 0 bridgehead atoms. The fraction of sp³-hybridized carbons (Fsp3) is 0.400. The first-order valence-electron chi connectivity index (χ1n) is 9.38. The van der Waals surface area contributed by atoms with Gasteiger partial charge in [0.1, 0.15) is 4.90 Å². The lowest BCUT2D eigenvalue weighted by Crippen LogP contribution is -2.42. The van der Waals surface area contributed by atoms with Gasteiger partial charge >= 0.3 is 6.03 Å². The van der Waals surface area contributed by atoms with Gasteiger partial charge in [0, 0.05) is 37.7 Å². The van der Waals surface area contributed by atoms with Crippen molar-refractivity contribution >= 4 is 21.7 Å². The topological polar surface area (TPSA) is 91.4 Å². The number of sulfonamides is 1. The average molecular weight is 403 g/mol. The van der Waals surface area contributed by atoms with Gasteiger partial charge in [0.15, 0.2) is 0 Å². The molecule has 0 atom stereocenters. The van der Waals surface area contributed by atoms with E-state index in [4.69, 9.17) is 0 Å². The molecule has 1 aromatic carbocycles. The van der Waals surface area contributed by atoms with Crippen LogP contribution in [0.4, 0.5) is 10.5 Å². The zero-order valence-corrected chi connectivity index (χ0v) is 17.0. The number of urea groups is 1. The Morgan fingerprint density at radius 2 is 1.93 bits per heavy atom. The third-order valence-electron chi connectivity index (χ3n) is 5.16. The number of pyridine rings is 1. The number of hydrogen-bond acceptors (Lipinski definition) is 4. The second-order valence-electron chi connectivity index (χ2n) is 7.17. The maximum Gasteiger partial charge on any atom is 0.319 e. The molecule has 150 valence electrons. The van der Waals surface area contributed by atoms with Crippen LogP contribution in [0.15, 0.2) is 47.6 Å². The number of anilines is 1. The minimum atomic E-state index is -3.49. The van der Waals surface area contributed by atoms with Gasteiger partial charge in [-0.3, -0.25) is 4.98 Å². The van der Waals surface area contributed by atoms with E-state index >= 15 is 0 Å². The van der Waals surface area contributed by atoms with Crippen LogP contribution < -0.4 is 10.6 Å². The lowest BCUT2D eigenvalue weighted by Gasteiger charge is -2.31. The third kappa shape index (κ3) is 4.88. The Morgan fingerprint density at radius 3 is 2.57 bits per heavy atom. The molecule has 2 heterocycles. The quantitative estimate of drug-likeness (QED) is 0.804. The number of aromatic nitrogens is 1. The Bertz CT molecular complexity index is 924. The highest BCUT2D eigenvalue weighted by atomic mass is 32.2. The fourth-order valence-electron chi connectivity index (χ4n) is 3.23. The Balaban J connectivity index is 1.46. The van der Waals surface area contributed by atoms with E-state index in [9.17, 15) is 13.2 Å². The van der Waals surface area contributed by atoms with E-state index in [1.54, 1.807) is 18.3 Å². The molecule has 2 aromatic rings. The van der Waals surface area contributed by atoms with Crippen molar-refractivity contribution in [2.75, 3.05) is 25.0 Å². The molecule has 1 fully saturated rings. The van der Waals surface area contributed by atoms with Gasteiger partial charge < -0.3 is 10.6 Å². The Hall–Kier alpha value is -2.45. The van der Waals surface area contributed by atoms with Crippen LogP contribution >= 0.6 is 0 Å². The maximum atomic E-state index is 12.6. The summed E-state index contributed by atoms with van der Waals surface area (Å²) in [4.78, 5) is 16.2. The highest BCUT2D eigenvalue weighted by molar-refractivity contribution is 7.89. The van der Waals surface area contributed by atoms with E-state index in [0.29, 0.717) is 32.5 Å². The molecular weight excluding hydrogens is 376 g/mol. The van der Waals surface area contributed by atoms with E-state index in [1.807, 2.05) is 32.0 Å². The number of hydrogen-bond donors (Lipinski definition) is 2. The Labute approximate surface area is 166 Å². The van der Waals surface area contributed by atoms with Crippen LogP contribution in [0.25, 0.3) is 0 Å². The van der Waals surface area contributed by atoms with Crippen LogP contribution in [-0.4, -0.2) is 43.4 Å². The van der Waals surface area contributed by atoms with E-state index in [2.05, 4.69) is 15.6 Å². The summed E-state index contributed by atoms with van der Waals surface area (Å²) in [7, 11) is -3.49. The molecule has 1 aromatic heterocycles. The zero-order chi connectivity index (χ0) is 20.1. The normalized spacial score (nSPS) is 15.9. The highest BCUT2D eigenvalue weighted by Gasteiger charge is 2.29. The number of amides is 2. The van der Waals surface area contributed by atoms with Gasteiger partial charge in [0.25, 0.3) is 0 Å². The molecular formula is C20H26N4O3S. The second kappa shape index (κ2) is 8.70. The number of nitrogens with one attached hydrogen (secondary N) is 2. The molecule has 8 heteroatoms.